The molecule has 0 radical (unpaired) electrons. The lowest BCUT2D eigenvalue weighted by molar-refractivity contribution is 0.0952. The van der Waals surface area contributed by atoms with Crippen LogP contribution in [0.1, 0.15) is 39.4 Å². The maximum absolute atomic E-state index is 12.4. The predicted molar refractivity (Wildman–Crippen MR) is 106 cm³/mol. The molecule has 2 aromatic heterocycles. The molecule has 0 fully saturated rings. The summed E-state index contributed by atoms with van der Waals surface area (Å²) in [5, 5.41) is 12.4. The number of amides is 1. The van der Waals surface area contributed by atoms with Crippen LogP contribution in [0.25, 0.3) is 0 Å². The first-order valence-corrected chi connectivity index (χ1v) is 9.38. The van der Waals surface area contributed by atoms with Crippen molar-refractivity contribution in [2.24, 2.45) is 0 Å². The van der Waals surface area contributed by atoms with Gasteiger partial charge >= 0.3 is 0 Å². The first-order chi connectivity index (χ1) is 12.9. The van der Waals surface area contributed by atoms with Crippen LogP contribution in [-0.2, 0) is 13.1 Å². The van der Waals surface area contributed by atoms with Crippen LogP contribution >= 0.6 is 11.6 Å². The van der Waals surface area contributed by atoms with Gasteiger partial charge in [-0.05, 0) is 51.0 Å². The van der Waals surface area contributed by atoms with Gasteiger partial charge in [0.1, 0.15) is 0 Å². The lowest BCUT2D eigenvalue weighted by atomic mass is 10.1. The number of hydrogen-bond donors (Lipinski definition) is 1. The third-order valence-electron chi connectivity index (χ3n) is 4.44. The van der Waals surface area contributed by atoms with Crippen molar-refractivity contribution in [2.75, 3.05) is 6.54 Å². The van der Waals surface area contributed by atoms with E-state index in [1.54, 1.807) is 0 Å². The molecule has 0 saturated carbocycles. The summed E-state index contributed by atoms with van der Waals surface area (Å²) in [6, 6.07) is 9.58. The minimum atomic E-state index is -0.0695. The molecule has 0 bridgehead atoms. The number of carbonyl (C=O) groups is 1. The first kappa shape index (κ1) is 19.2. The van der Waals surface area contributed by atoms with Crippen LogP contribution in [-0.4, -0.2) is 32.0 Å². The quantitative estimate of drug-likeness (QED) is 0.633. The van der Waals surface area contributed by atoms with Crippen LogP contribution in [0.2, 0.25) is 5.02 Å². The maximum Gasteiger partial charge on any atom is 0.251 e. The topological polar surface area (TPSA) is 64.7 Å². The molecule has 7 heteroatoms. The van der Waals surface area contributed by atoms with Crippen molar-refractivity contribution >= 4 is 17.5 Å². The zero-order chi connectivity index (χ0) is 19.4. The maximum atomic E-state index is 12.4. The Balaban J connectivity index is 1.55. The molecule has 0 atom stereocenters. The second-order valence-electron chi connectivity index (χ2n) is 6.67. The highest BCUT2D eigenvalue weighted by Crippen LogP contribution is 2.20. The van der Waals surface area contributed by atoms with Crippen molar-refractivity contribution in [3.05, 3.63) is 69.8 Å². The van der Waals surface area contributed by atoms with Crippen LogP contribution in [0.15, 0.2) is 36.5 Å². The highest BCUT2D eigenvalue weighted by atomic mass is 35.5. The molecule has 0 aliphatic carbocycles. The van der Waals surface area contributed by atoms with Crippen LogP contribution in [0.5, 0.6) is 0 Å². The number of rotatable bonds is 7. The molecule has 6 nitrogen and oxygen atoms in total. The minimum Gasteiger partial charge on any atom is -0.352 e. The number of aryl methyl sites for hydroxylation is 3. The second kappa shape index (κ2) is 8.39. The van der Waals surface area contributed by atoms with E-state index in [4.69, 9.17) is 11.6 Å². The van der Waals surface area contributed by atoms with Crippen molar-refractivity contribution in [1.29, 1.82) is 0 Å². The molecule has 1 amide bonds. The van der Waals surface area contributed by atoms with Gasteiger partial charge in [-0.2, -0.15) is 10.2 Å². The number of hydrogen-bond acceptors (Lipinski definition) is 3. The fourth-order valence-electron chi connectivity index (χ4n) is 2.95. The SMILES string of the molecule is Cc1ccn(CCCNC(=O)c2cccc(Cn3nc(C)c(Cl)c3C)c2)n1. The molecule has 3 rings (SSSR count). The van der Waals surface area contributed by atoms with Gasteiger partial charge in [0, 0.05) is 24.8 Å². The van der Waals surface area contributed by atoms with E-state index >= 15 is 0 Å². The summed E-state index contributed by atoms with van der Waals surface area (Å²) in [4.78, 5) is 12.4. The third kappa shape index (κ3) is 4.77. The number of nitrogens with one attached hydrogen (secondary N) is 1. The van der Waals surface area contributed by atoms with Gasteiger partial charge in [0.2, 0.25) is 0 Å². The van der Waals surface area contributed by atoms with E-state index in [2.05, 4.69) is 15.5 Å². The number of carbonyl (C=O) groups excluding carboxylic acids is 1. The summed E-state index contributed by atoms with van der Waals surface area (Å²) in [6.45, 7) is 7.77. The number of nitrogens with zero attached hydrogens (tertiary/aromatic N) is 4. The van der Waals surface area contributed by atoms with Gasteiger partial charge in [0.25, 0.3) is 5.91 Å². The van der Waals surface area contributed by atoms with Crippen LogP contribution < -0.4 is 5.32 Å². The van der Waals surface area contributed by atoms with E-state index in [0.29, 0.717) is 23.7 Å². The highest BCUT2D eigenvalue weighted by Gasteiger charge is 2.11. The van der Waals surface area contributed by atoms with E-state index in [-0.39, 0.29) is 5.91 Å². The van der Waals surface area contributed by atoms with Crippen molar-refractivity contribution in [2.45, 2.75) is 40.3 Å². The Bertz CT molecular complexity index is 944. The Morgan fingerprint density at radius 2 is 2.00 bits per heavy atom. The molecule has 0 saturated heterocycles. The van der Waals surface area contributed by atoms with Crippen LogP contribution in [0.3, 0.4) is 0 Å². The molecule has 0 aliphatic heterocycles. The first-order valence-electron chi connectivity index (χ1n) is 9.01. The number of halogens is 1. The molecule has 2 heterocycles. The smallest absolute Gasteiger partial charge is 0.251 e. The van der Waals surface area contributed by atoms with Crippen molar-refractivity contribution < 1.29 is 4.79 Å². The fraction of sp³-hybridized carbons (Fsp3) is 0.350. The molecule has 1 N–H and O–H groups in total. The standard InChI is InChI=1S/C20H24ClN5O/c1-14-8-11-25(23-14)10-5-9-22-20(27)18-7-4-6-17(12-18)13-26-16(3)19(21)15(2)24-26/h4,6-8,11-12H,5,9-10,13H2,1-3H3,(H,22,27). The van der Waals surface area contributed by atoms with E-state index in [1.807, 2.05) is 66.7 Å². The average Bonchev–Trinajstić information content (AvgIpc) is 3.17. The van der Waals surface area contributed by atoms with Gasteiger partial charge < -0.3 is 5.32 Å². The molecule has 1 aromatic carbocycles. The van der Waals surface area contributed by atoms with E-state index in [1.165, 1.54) is 0 Å². The van der Waals surface area contributed by atoms with Gasteiger partial charge in [-0.1, -0.05) is 23.7 Å². The summed E-state index contributed by atoms with van der Waals surface area (Å²) >= 11 is 6.21. The normalized spacial score (nSPS) is 11.0. The van der Waals surface area contributed by atoms with E-state index < -0.39 is 0 Å². The summed E-state index contributed by atoms with van der Waals surface area (Å²) in [5.41, 5.74) is 4.40. The molecule has 0 spiro atoms. The largest absolute Gasteiger partial charge is 0.352 e. The minimum absolute atomic E-state index is 0.0695. The highest BCUT2D eigenvalue weighted by molar-refractivity contribution is 6.31. The van der Waals surface area contributed by atoms with Gasteiger partial charge in [-0.3, -0.25) is 14.2 Å². The Labute approximate surface area is 164 Å². The molecule has 27 heavy (non-hydrogen) atoms. The van der Waals surface area contributed by atoms with E-state index in [9.17, 15) is 4.79 Å². The molecule has 3 aromatic rings. The van der Waals surface area contributed by atoms with E-state index in [0.717, 1.165) is 35.6 Å². The predicted octanol–water partition coefficient (Wildman–Crippen LogP) is 3.53. The van der Waals surface area contributed by atoms with Crippen LogP contribution in [0.4, 0.5) is 0 Å². The lowest BCUT2D eigenvalue weighted by Gasteiger charge is -2.08. The summed E-state index contributed by atoms with van der Waals surface area (Å²) in [7, 11) is 0. The Morgan fingerprint density at radius 1 is 1.19 bits per heavy atom. The van der Waals surface area contributed by atoms with Crippen LogP contribution in [0, 0.1) is 20.8 Å². The van der Waals surface area contributed by atoms with Gasteiger partial charge in [-0.15, -0.1) is 0 Å². The molecule has 0 aliphatic rings. The summed E-state index contributed by atoms with van der Waals surface area (Å²) < 4.78 is 3.75. The molecule has 0 unspecified atom stereocenters. The average molecular weight is 386 g/mol. The Hall–Kier alpha value is -2.60. The molecular weight excluding hydrogens is 362 g/mol. The van der Waals surface area contributed by atoms with Crippen molar-refractivity contribution in [1.82, 2.24) is 24.9 Å². The third-order valence-corrected chi connectivity index (χ3v) is 4.99. The lowest BCUT2D eigenvalue weighted by Crippen LogP contribution is -2.25. The zero-order valence-corrected chi connectivity index (χ0v) is 16.6. The van der Waals surface area contributed by atoms with Gasteiger partial charge in [0.05, 0.1) is 28.6 Å². The van der Waals surface area contributed by atoms with Crippen molar-refractivity contribution in [3.63, 3.8) is 0 Å². The second-order valence-corrected chi connectivity index (χ2v) is 7.05. The number of aromatic nitrogens is 4. The number of benzene rings is 1. The van der Waals surface area contributed by atoms with Gasteiger partial charge in [-0.25, -0.2) is 0 Å². The monoisotopic (exact) mass is 385 g/mol. The Morgan fingerprint density at radius 3 is 2.67 bits per heavy atom. The summed E-state index contributed by atoms with van der Waals surface area (Å²) in [6.07, 6.45) is 2.78. The molecular formula is C20H24ClN5O. The van der Waals surface area contributed by atoms with Crippen molar-refractivity contribution in [3.8, 4) is 0 Å². The summed E-state index contributed by atoms with van der Waals surface area (Å²) in [5.74, 6) is -0.0695. The Kier molecular flexibility index (Phi) is 5.96. The van der Waals surface area contributed by atoms with Gasteiger partial charge in [0.15, 0.2) is 0 Å². The zero-order valence-electron chi connectivity index (χ0n) is 15.9. The molecule has 142 valence electrons. The fourth-order valence-corrected chi connectivity index (χ4v) is 3.08.